The highest BCUT2D eigenvalue weighted by Crippen LogP contribution is 2.38. The van der Waals surface area contributed by atoms with Crippen LogP contribution in [0.2, 0.25) is 0 Å². The van der Waals surface area contributed by atoms with E-state index in [0.717, 1.165) is 77.3 Å². The first-order valence-corrected chi connectivity index (χ1v) is 11.8. The Labute approximate surface area is 190 Å². The van der Waals surface area contributed by atoms with Gasteiger partial charge in [0, 0.05) is 29.6 Å². The van der Waals surface area contributed by atoms with Crippen LogP contribution in [0.15, 0.2) is 47.4 Å². The average Bonchev–Trinajstić information content (AvgIpc) is 3.60. The molecule has 4 aromatic rings. The maximum absolute atomic E-state index is 13.1. The number of Topliss-reactive ketones (excluding diaryl/α,β-unsaturated/α-hetero) is 1. The van der Waals surface area contributed by atoms with E-state index in [1.807, 2.05) is 30.3 Å². The second-order valence-electron chi connectivity index (χ2n) is 9.51. The zero-order chi connectivity index (χ0) is 22.5. The number of rotatable bonds is 5. The van der Waals surface area contributed by atoms with E-state index in [0.29, 0.717) is 11.6 Å². The van der Waals surface area contributed by atoms with Gasteiger partial charge in [-0.05, 0) is 73.9 Å². The zero-order valence-corrected chi connectivity index (χ0v) is 18.4. The Hall–Kier alpha value is -3.45. The van der Waals surface area contributed by atoms with Gasteiger partial charge in [-0.15, -0.1) is 0 Å². The summed E-state index contributed by atoms with van der Waals surface area (Å²) in [4.78, 5) is 35.0. The molecule has 0 spiro atoms. The van der Waals surface area contributed by atoms with Crippen molar-refractivity contribution in [2.75, 3.05) is 5.32 Å². The molecule has 5 N–H and O–H groups in total. The van der Waals surface area contributed by atoms with Crippen molar-refractivity contribution in [1.82, 2.24) is 15.0 Å². The van der Waals surface area contributed by atoms with Crippen molar-refractivity contribution in [3.05, 3.63) is 58.6 Å². The van der Waals surface area contributed by atoms with Gasteiger partial charge in [-0.3, -0.25) is 9.78 Å². The van der Waals surface area contributed by atoms with Crippen LogP contribution in [-0.2, 0) is 0 Å². The summed E-state index contributed by atoms with van der Waals surface area (Å²) in [6, 6.07) is 12.6. The Bertz CT molecular complexity index is 1420. The minimum absolute atomic E-state index is 0.126. The number of nitrogens with zero attached hydrogens (tertiary/aromatic N) is 1. The molecule has 2 aliphatic rings. The number of aromatic nitrogens is 3. The quantitative estimate of drug-likeness (QED) is 0.344. The van der Waals surface area contributed by atoms with Crippen LogP contribution < -0.4 is 16.7 Å². The van der Waals surface area contributed by atoms with Gasteiger partial charge in [0.25, 0.3) is 0 Å². The van der Waals surface area contributed by atoms with Crippen LogP contribution in [0.1, 0.15) is 48.9 Å². The molecule has 0 unspecified atom stereocenters. The van der Waals surface area contributed by atoms with E-state index in [2.05, 4.69) is 26.3 Å². The predicted octanol–water partition coefficient (Wildman–Crippen LogP) is 4.35. The number of hydrogen-bond donors (Lipinski definition) is 4. The van der Waals surface area contributed by atoms with Crippen molar-refractivity contribution in [3.63, 3.8) is 0 Å². The lowest BCUT2D eigenvalue weighted by molar-refractivity contribution is 0.0968. The number of hydrogen-bond acceptors (Lipinski definition) is 5. The molecule has 6 rings (SSSR count). The number of fused-ring (bicyclic) bond motifs is 2. The minimum Gasteiger partial charge on any atom is -0.381 e. The summed E-state index contributed by atoms with van der Waals surface area (Å²) < 4.78 is 0. The molecule has 2 saturated carbocycles. The van der Waals surface area contributed by atoms with Crippen molar-refractivity contribution in [2.45, 2.75) is 50.6 Å². The van der Waals surface area contributed by atoms with E-state index >= 15 is 0 Å². The monoisotopic (exact) mass is 441 g/mol. The van der Waals surface area contributed by atoms with Crippen LogP contribution in [0.4, 0.5) is 5.69 Å². The van der Waals surface area contributed by atoms with Gasteiger partial charge in [-0.1, -0.05) is 12.1 Å². The average molecular weight is 442 g/mol. The maximum Gasteiger partial charge on any atom is 0.323 e. The van der Waals surface area contributed by atoms with Crippen LogP contribution in [0.3, 0.4) is 0 Å². The van der Waals surface area contributed by atoms with Gasteiger partial charge in [-0.25, -0.2) is 4.79 Å². The number of benzene rings is 2. The van der Waals surface area contributed by atoms with E-state index < -0.39 is 0 Å². The molecule has 2 fully saturated rings. The summed E-state index contributed by atoms with van der Waals surface area (Å²) in [6.45, 7) is 0. The molecular formula is C26H27N5O2. The molecule has 2 heterocycles. The third-order valence-electron chi connectivity index (χ3n) is 7.05. The number of carbonyl (C=O) groups is 1. The summed E-state index contributed by atoms with van der Waals surface area (Å²) in [5.74, 6) is 0.316. The lowest BCUT2D eigenvalue weighted by Gasteiger charge is -2.29. The molecule has 7 heteroatoms. The first kappa shape index (κ1) is 20.2. The number of pyridine rings is 1. The predicted molar refractivity (Wildman–Crippen MR) is 131 cm³/mol. The second kappa shape index (κ2) is 7.85. The number of anilines is 1. The SMILES string of the molecule is N[C@H]1CC[C@H](Nc2c(C(=O)C3CC3)cnc3ccc(-c4ccc5[nH]c(=O)[nH]c5c4)cc23)CC1. The molecule has 0 aliphatic heterocycles. The van der Waals surface area contributed by atoms with Crippen molar-refractivity contribution >= 4 is 33.4 Å². The molecule has 0 saturated heterocycles. The fraction of sp³-hybridized carbons (Fsp3) is 0.346. The number of nitrogens with one attached hydrogen (secondary N) is 3. The molecular weight excluding hydrogens is 414 g/mol. The van der Waals surface area contributed by atoms with Crippen molar-refractivity contribution in [3.8, 4) is 11.1 Å². The summed E-state index contributed by atoms with van der Waals surface area (Å²) >= 11 is 0. The molecule has 0 atom stereocenters. The number of H-pyrrole nitrogens is 2. The zero-order valence-electron chi connectivity index (χ0n) is 18.4. The third kappa shape index (κ3) is 3.82. The molecule has 168 valence electrons. The Morgan fingerprint density at radius 1 is 0.939 bits per heavy atom. The van der Waals surface area contributed by atoms with E-state index in [-0.39, 0.29) is 23.4 Å². The van der Waals surface area contributed by atoms with Crippen LogP contribution in [-0.4, -0.2) is 32.8 Å². The highest BCUT2D eigenvalue weighted by Gasteiger charge is 2.33. The largest absolute Gasteiger partial charge is 0.381 e. The van der Waals surface area contributed by atoms with Gasteiger partial charge in [0.15, 0.2) is 5.78 Å². The van der Waals surface area contributed by atoms with Crippen molar-refractivity contribution < 1.29 is 4.79 Å². The Kier molecular flexibility index (Phi) is 4.80. The molecule has 33 heavy (non-hydrogen) atoms. The number of carbonyl (C=O) groups excluding carboxylic acids is 1. The molecule has 0 radical (unpaired) electrons. The third-order valence-corrected chi connectivity index (χ3v) is 7.05. The first-order valence-electron chi connectivity index (χ1n) is 11.8. The summed E-state index contributed by atoms with van der Waals surface area (Å²) in [6.07, 6.45) is 7.65. The second-order valence-corrected chi connectivity index (χ2v) is 9.51. The van der Waals surface area contributed by atoms with Crippen LogP contribution in [0.25, 0.3) is 33.1 Å². The molecule has 0 amide bonds. The Morgan fingerprint density at radius 2 is 1.67 bits per heavy atom. The van der Waals surface area contributed by atoms with Gasteiger partial charge < -0.3 is 21.0 Å². The summed E-state index contributed by atoms with van der Waals surface area (Å²) in [5, 5.41) is 4.67. The van der Waals surface area contributed by atoms with Gasteiger partial charge in [0.1, 0.15) is 0 Å². The lowest BCUT2D eigenvalue weighted by Crippen LogP contribution is -2.33. The molecule has 7 nitrogen and oxygen atoms in total. The number of imidazole rings is 1. The van der Waals surface area contributed by atoms with E-state index in [9.17, 15) is 9.59 Å². The van der Waals surface area contributed by atoms with Gasteiger partial charge in [0.2, 0.25) is 0 Å². The first-order chi connectivity index (χ1) is 16.0. The smallest absolute Gasteiger partial charge is 0.323 e. The van der Waals surface area contributed by atoms with Crippen molar-refractivity contribution in [2.24, 2.45) is 11.7 Å². The molecule has 2 aliphatic carbocycles. The van der Waals surface area contributed by atoms with E-state index in [1.54, 1.807) is 6.20 Å². The fourth-order valence-corrected chi connectivity index (χ4v) is 4.96. The standard InChI is InChI=1S/C26H27N5O2/c27-17-5-7-18(8-6-17)29-24-19-11-15(16-4-10-22-23(12-16)31-26(33)30-22)3-9-21(19)28-13-20(24)25(32)14-1-2-14/h3-4,9-14,17-18H,1-2,5-8,27H2,(H,28,29)(H2,30,31,33)/t17-,18-. The topological polar surface area (TPSA) is 117 Å². The van der Waals surface area contributed by atoms with Crippen LogP contribution >= 0.6 is 0 Å². The number of ketones is 1. The van der Waals surface area contributed by atoms with E-state index in [4.69, 9.17) is 5.73 Å². The van der Waals surface area contributed by atoms with Gasteiger partial charge in [0.05, 0.1) is 27.8 Å². The summed E-state index contributed by atoms with van der Waals surface area (Å²) in [7, 11) is 0. The summed E-state index contributed by atoms with van der Waals surface area (Å²) in [5.41, 5.74) is 11.9. The van der Waals surface area contributed by atoms with Gasteiger partial charge >= 0.3 is 5.69 Å². The Morgan fingerprint density at radius 3 is 2.45 bits per heavy atom. The lowest BCUT2D eigenvalue weighted by atomic mass is 9.91. The van der Waals surface area contributed by atoms with Crippen molar-refractivity contribution in [1.29, 1.82) is 0 Å². The van der Waals surface area contributed by atoms with Crippen LogP contribution in [0.5, 0.6) is 0 Å². The highest BCUT2D eigenvalue weighted by atomic mass is 16.1. The minimum atomic E-state index is -0.216. The van der Waals surface area contributed by atoms with Crippen LogP contribution in [0, 0.1) is 5.92 Å². The molecule has 2 aromatic carbocycles. The maximum atomic E-state index is 13.1. The van der Waals surface area contributed by atoms with Gasteiger partial charge in [-0.2, -0.15) is 0 Å². The number of aromatic amines is 2. The Balaban J connectivity index is 1.46. The molecule has 2 aromatic heterocycles. The fourth-order valence-electron chi connectivity index (χ4n) is 4.96. The normalized spacial score (nSPS) is 20.9. The van der Waals surface area contributed by atoms with E-state index in [1.165, 1.54) is 0 Å². The highest BCUT2D eigenvalue weighted by molar-refractivity contribution is 6.10. The molecule has 0 bridgehead atoms. The number of nitrogens with two attached hydrogens (primary N) is 1.